The molecule has 22 heavy (non-hydrogen) atoms. The van der Waals surface area contributed by atoms with Gasteiger partial charge in [0.15, 0.2) is 0 Å². The molecule has 2 N–H and O–H groups in total. The van der Waals surface area contributed by atoms with Gasteiger partial charge in [0.1, 0.15) is 5.69 Å². The number of benzene rings is 1. The molecule has 1 amide bonds. The average Bonchev–Trinajstić information content (AvgIpc) is 3.06. The summed E-state index contributed by atoms with van der Waals surface area (Å²) in [5.74, 6) is -0.0528. The van der Waals surface area contributed by atoms with Gasteiger partial charge in [-0.3, -0.25) is 4.79 Å². The van der Waals surface area contributed by atoms with Crippen LogP contribution in [-0.4, -0.2) is 51.5 Å². The SMILES string of the molecule is O=C(c1cc(-c2ccccc2)no1)N1CCC(O)(CO)CC1. The van der Waals surface area contributed by atoms with E-state index in [0.29, 0.717) is 31.6 Å². The van der Waals surface area contributed by atoms with Crippen LogP contribution >= 0.6 is 0 Å². The second-order valence-electron chi connectivity index (χ2n) is 5.62. The van der Waals surface area contributed by atoms with E-state index < -0.39 is 5.60 Å². The van der Waals surface area contributed by atoms with Crippen LogP contribution < -0.4 is 0 Å². The van der Waals surface area contributed by atoms with Gasteiger partial charge < -0.3 is 19.6 Å². The highest BCUT2D eigenvalue weighted by Gasteiger charge is 2.34. The van der Waals surface area contributed by atoms with E-state index in [9.17, 15) is 9.90 Å². The summed E-state index contributed by atoms with van der Waals surface area (Å²) in [4.78, 5) is 14.0. The van der Waals surface area contributed by atoms with Crippen LogP contribution in [-0.2, 0) is 0 Å². The Kier molecular flexibility index (Phi) is 3.96. The smallest absolute Gasteiger partial charge is 0.292 e. The minimum absolute atomic E-state index is 0.188. The van der Waals surface area contributed by atoms with Crippen molar-refractivity contribution in [3.63, 3.8) is 0 Å². The number of hydrogen-bond acceptors (Lipinski definition) is 5. The standard InChI is InChI=1S/C16H18N2O4/c19-11-16(21)6-8-18(9-7-16)15(20)14-10-13(17-22-14)12-4-2-1-3-5-12/h1-5,10,19,21H,6-9,11H2. The predicted molar refractivity (Wildman–Crippen MR) is 79.1 cm³/mol. The van der Waals surface area contributed by atoms with Crippen molar-refractivity contribution in [3.8, 4) is 11.3 Å². The van der Waals surface area contributed by atoms with Crippen LogP contribution in [0.1, 0.15) is 23.4 Å². The lowest BCUT2D eigenvalue weighted by molar-refractivity contribution is -0.0550. The van der Waals surface area contributed by atoms with Crippen molar-refractivity contribution in [2.24, 2.45) is 0 Å². The molecular weight excluding hydrogens is 284 g/mol. The quantitative estimate of drug-likeness (QED) is 0.892. The summed E-state index contributed by atoms with van der Waals surface area (Å²) >= 11 is 0. The molecule has 0 spiro atoms. The fourth-order valence-electron chi connectivity index (χ4n) is 2.56. The molecule has 1 saturated heterocycles. The summed E-state index contributed by atoms with van der Waals surface area (Å²) in [6, 6.07) is 11.1. The van der Waals surface area contributed by atoms with E-state index in [0.717, 1.165) is 5.56 Å². The second kappa shape index (κ2) is 5.90. The first-order valence-electron chi connectivity index (χ1n) is 7.26. The predicted octanol–water partition coefficient (Wildman–Crippen LogP) is 1.30. The third kappa shape index (κ3) is 2.88. The van der Waals surface area contributed by atoms with E-state index in [-0.39, 0.29) is 18.3 Å². The molecule has 1 fully saturated rings. The molecule has 116 valence electrons. The number of likely N-dealkylation sites (tertiary alicyclic amines) is 1. The highest BCUT2D eigenvalue weighted by molar-refractivity contribution is 5.92. The molecule has 0 bridgehead atoms. The number of aliphatic hydroxyl groups is 2. The van der Waals surface area contributed by atoms with Gasteiger partial charge in [0.05, 0.1) is 12.2 Å². The van der Waals surface area contributed by atoms with Crippen molar-refractivity contribution in [3.05, 3.63) is 42.2 Å². The number of hydrogen-bond donors (Lipinski definition) is 2. The molecule has 1 aliphatic heterocycles. The van der Waals surface area contributed by atoms with E-state index in [2.05, 4.69) is 5.16 Å². The Labute approximate surface area is 128 Å². The third-order valence-corrected chi connectivity index (χ3v) is 4.07. The topological polar surface area (TPSA) is 86.8 Å². The van der Waals surface area contributed by atoms with E-state index in [1.807, 2.05) is 30.3 Å². The normalized spacial score (nSPS) is 17.5. The van der Waals surface area contributed by atoms with E-state index in [4.69, 9.17) is 9.63 Å². The van der Waals surface area contributed by atoms with E-state index in [1.165, 1.54) is 0 Å². The molecule has 3 rings (SSSR count). The van der Waals surface area contributed by atoms with Crippen LogP contribution in [0.4, 0.5) is 0 Å². The summed E-state index contributed by atoms with van der Waals surface area (Å²) in [5, 5.41) is 23.1. The highest BCUT2D eigenvalue weighted by Crippen LogP contribution is 2.24. The Morgan fingerprint density at radius 2 is 1.95 bits per heavy atom. The Morgan fingerprint density at radius 3 is 2.59 bits per heavy atom. The number of amides is 1. The summed E-state index contributed by atoms with van der Waals surface area (Å²) in [6.07, 6.45) is 0.712. The van der Waals surface area contributed by atoms with Crippen molar-refractivity contribution in [1.82, 2.24) is 10.1 Å². The molecule has 1 aromatic heterocycles. The number of piperidine rings is 1. The van der Waals surface area contributed by atoms with Crippen LogP contribution in [0, 0.1) is 0 Å². The van der Waals surface area contributed by atoms with Gasteiger partial charge >= 0.3 is 0 Å². The molecule has 6 heteroatoms. The van der Waals surface area contributed by atoms with Gasteiger partial charge in [-0.2, -0.15) is 0 Å². The monoisotopic (exact) mass is 302 g/mol. The zero-order valence-corrected chi connectivity index (χ0v) is 12.1. The molecule has 1 aromatic carbocycles. The molecule has 2 aromatic rings. The minimum atomic E-state index is -1.08. The lowest BCUT2D eigenvalue weighted by Crippen LogP contribution is -2.48. The van der Waals surface area contributed by atoms with Crippen molar-refractivity contribution >= 4 is 5.91 Å². The fourth-order valence-corrected chi connectivity index (χ4v) is 2.56. The molecule has 0 radical (unpaired) electrons. The summed E-state index contributed by atoms with van der Waals surface area (Å²) < 4.78 is 5.16. The van der Waals surface area contributed by atoms with Gasteiger partial charge in [-0.15, -0.1) is 0 Å². The lowest BCUT2D eigenvalue weighted by atomic mass is 9.92. The Balaban J connectivity index is 1.70. The van der Waals surface area contributed by atoms with Crippen LogP contribution in [0.25, 0.3) is 11.3 Å². The van der Waals surface area contributed by atoms with Crippen molar-refractivity contribution < 1.29 is 19.5 Å². The zero-order valence-electron chi connectivity index (χ0n) is 12.1. The molecule has 1 aliphatic rings. The maximum absolute atomic E-state index is 12.4. The molecule has 0 saturated carbocycles. The van der Waals surface area contributed by atoms with Crippen LogP contribution in [0.5, 0.6) is 0 Å². The van der Waals surface area contributed by atoms with Gasteiger partial charge in [0.25, 0.3) is 5.91 Å². The molecule has 2 heterocycles. The average molecular weight is 302 g/mol. The first-order chi connectivity index (χ1) is 10.6. The van der Waals surface area contributed by atoms with Gasteiger partial charge in [0, 0.05) is 24.7 Å². The van der Waals surface area contributed by atoms with Crippen LogP contribution in [0.15, 0.2) is 40.9 Å². The number of rotatable bonds is 3. The fraction of sp³-hybridized carbons (Fsp3) is 0.375. The number of aliphatic hydroxyl groups excluding tert-OH is 1. The Hall–Kier alpha value is -2.18. The van der Waals surface area contributed by atoms with Crippen molar-refractivity contribution in [1.29, 1.82) is 0 Å². The number of nitrogens with zero attached hydrogens (tertiary/aromatic N) is 2. The number of carbonyl (C=O) groups is 1. The Morgan fingerprint density at radius 1 is 1.27 bits per heavy atom. The van der Waals surface area contributed by atoms with Gasteiger partial charge in [-0.05, 0) is 12.8 Å². The van der Waals surface area contributed by atoms with Gasteiger partial charge in [-0.1, -0.05) is 35.5 Å². The number of carbonyl (C=O) groups excluding carboxylic acids is 1. The van der Waals surface area contributed by atoms with Crippen LogP contribution in [0.3, 0.4) is 0 Å². The van der Waals surface area contributed by atoms with Gasteiger partial charge in [0.2, 0.25) is 5.76 Å². The molecule has 6 nitrogen and oxygen atoms in total. The van der Waals surface area contributed by atoms with E-state index >= 15 is 0 Å². The second-order valence-corrected chi connectivity index (χ2v) is 5.62. The maximum Gasteiger partial charge on any atom is 0.292 e. The zero-order chi connectivity index (χ0) is 15.6. The van der Waals surface area contributed by atoms with Crippen LogP contribution in [0.2, 0.25) is 0 Å². The highest BCUT2D eigenvalue weighted by atomic mass is 16.5. The van der Waals surface area contributed by atoms with Gasteiger partial charge in [-0.25, -0.2) is 0 Å². The van der Waals surface area contributed by atoms with Crippen molar-refractivity contribution in [2.45, 2.75) is 18.4 Å². The van der Waals surface area contributed by atoms with Crippen molar-refractivity contribution in [2.75, 3.05) is 19.7 Å². The first-order valence-corrected chi connectivity index (χ1v) is 7.26. The molecule has 0 aliphatic carbocycles. The summed E-state index contributed by atoms with van der Waals surface area (Å²) in [7, 11) is 0. The summed E-state index contributed by atoms with van der Waals surface area (Å²) in [6.45, 7) is 0.490. The molecule has 0 unspecified atom stereocenters. The maximum atomic E-state index is 12.4. The first kappa shape index (κ1) is 14.7. The number of aromatic nitrogens is 1. The lowest BCUT2D eigenvalue weighted by Gasteiger charge is -2.36. The Bertz CT molecular complexity index is 645. The minimum Gasteiger partial charge on any atom is -0.393 e. The third-order valence-electron chi connectivity index (χ3n) is 4.07. The molecule has 0 atom stereocenters. The summed E-state index contributed by atoms with van der Waals surface area (Å²) in [5.41, 5.74) is 0.430. The van der Waals surface area contributed by atoms with E-state index in [1.54, 1.807) is 11.0 Å². The molecular formula is C16H18N2O4. The largest absolute Gasteiger partial charge is 0.393 e.